The second-order valence-electron chi connectivity index (χ2n) is 5.51. The summed E-state index contributed by atoms with van der Waals surface area (Å²) in [7, 11) is 1.88. The highest BCUT2D eigenvalue weighted by molar-refractivity contribution is 5.84. The quantitative estimate of drug-likeness (QED) is 0.808. The molecular formula is C15H26N6. The van der Waals surface area contributed by atoms with Crippen molar-refractivity contribution in [3.63, 3.8) is 0 Å². The van der Waals surface area contributed by atoms with Crippen LogP contribution in [-0.2, 0) is 13.6 Å². The largest absolute Gasteiger partial charge is 0.383 e. The molecule has 6 nitrogen and oxygen atoms in total. The summed E-state index contributed by atoms with van der Waals surface area (Å²) in [5.74, 6) is 1.31. The second kappa shape index (κ2) is 7.36. The molecule has 0 saturated heterocycles. The highest BCUT2D eigenvalue weighted by Gasteiger charge is 2.12. The molecule has 0 atom stereocenters. The molecule has 2 aromatic rings. The molecule has 0 bridgehead atoms. The molecule has 0 aliphatic carbocycles. The van der Waals surface area contributed by atoms with Crippen molar-refractivity contribution < 1.29 is 0 Å². The zero-order valence-corrected chi connectivity index (χ0v) is 13.3. The standard InChI is InChI=1S/C15H26N6/c1-4-6-8-21(9-7-5-2)11-13-18-14(16)12-10-17-20(3)15(12)19-13/h10H,4-9,11H2,1-3H3,(H2,16,18,19). The molecule has 0 amide bonds. The molecule has 0 aliphatic rings. The summed E-state index contributed by atoms with van der Waals surface area (Å²) < 4.78 is 1.75. The first-order valence-electron chi connectivity index (χ1n) is 7.82. The lowest BCUT2D eigenvalue weighted by Crippen LogP contribution is -2.26. The Hall–Kier alpha value is -1.69. The Morgan fingerprint density at radius 2 is 1.81 bits per heavy atom. The number of unbranched alkanes of at least 4 members (excludes halogenated alkanes) is 2. The number of nitrogen functional groups attached to an aromatic ring is 1. The molecular weight excluding hydrogens is 264 g/mol. The number of anilines is 1. The van der Waals surface area contributed by atoms with Crippen LogP contribution in [-0.4, -0.2) is 37.7 Å². The van der Waals surface area contributed by atoms with Gasteiger partial charge in [-0.25, -0.2) is 9.97 Å². The van der Waals surface area contributed by atoms with Crippen LogP contribution in [0.1, 0.15) is 45.4 Å². The first kappa shape index (κ1) is 15.7. The summed E-state index contributed by atoms with van der Waals surface area (Å²) in [4.78, 5) is 11.5. The van der Waals surface area contributed by atoms with Crippen molar-refractivity contribution in [1.29, 1.82) is 0 Å². The number of hydrogen-bond donors (Lipinski definition) is 1. The monoisotopic (exact) mass is 290 g/mol. The van der Waals surface area contributed by atoms with Gasteiger partial charge in [0.15, 0.2) is 5.65 Å². The molecule has 0 fully saturated rings. The van der Waals surface area contributed by atoms with Gasteiger partial charge in [-0.3, -0.25) is 9.58 Å². The maximum absolute atomic E-state index is 6.02. The van der Waals surface area contributed by atoms with Crippen LogP contribution in [0.4, 0.5) is 5.82 Å². The minimum absolute atomic E-state index is 0.522. The highest BCUT2D eigenvalue weighted by atomic mass is 15.3. The normalized spacial score (nSPS) is 11.6. The molecule has 116 valence electrons. The van der Waals surface area contributed by atoms with E-state index in [0.717, 1.165) is 36.5 Å². The smallest absolute Gasteiger partial charge is 0.163 e. The number of aromatic nitrogens is 4. The number of fused-ring (bicyclic) bond motifs is 1. The van der Waals surface area contributed by atoms with Gasteiger partial charge < -0.3 is 5.73 Å². The van der Waals surface area contributed by atoms with Crippen LogP contribution < -0.4 is 5.73 Å². The van der Waals surface area contributed by atoms with E-state index in [4.69, 9.17) is 5.73 Å². The van der Waals surface area contributed by atoms with Crippen LogP contribution in [0.15, 0.2) is 6.20 Å². The molecule has 0 saturated carbocycles. The fraction of sp³-hybridized carbons (Fsp3) is 0.667. The summed E-state index contributed by atoms with van der Waals surface area (Å²) in [5, 5.41) is 5.03. The maximum atomic E-state index is 6.02. The van der Waals surface area contributed by atoms with Crippen LogP contribution in [0, 0.1) is 0 Å². The molecule has 2 N–H and O–H groups in total. The van der Waals surface area contributed by atoms with Gasteiger partial charge >= 0.3 is 0 Å². The summed E-state index contributed by atoms with van der Waals surface area (Å²) in [6.07, 6.45) is 6.53. The molecule has 0 aliphatic heterocycles. The van der Waals surface area contributed by atoms with Crippen molar-refractivity contribution in [2.75, 3.05) is 18.8 Å². The number of nitrogens with two attached hydrogens (primary N) is 1. The third-order valence-corrected chi connectivity index (χ3v) is 3.69. The van der Waals surface area contributed by atoms with E-state index in [1.54, 1.807) is 10.9 Å². The van der Waals surface area contributed by atoms with Crippen LogP contribution in [0.3, 0.4) is 0 Å². The summed E-state index contributed by atoms with van der Waals surface area (Å²) in [6.45, 7) is 7.36. The van der Waals surface area contributed by atoms with Gasteiger partial charge in [-0.2, -0.15) is 5.10 Å². The van der Waals surface area contributed by atoms with Gasteiger partial charge in [0, 0.05) is 7.05 Å². The average molecular weight is 290 g/mol. The van der Waals surface area contributed by atoms with E-state index in [0.29, 0.717) is 5.82 Å². The van der Waals surface area contributed by atoms with Gasteiger partial charge in [0.1, 0.15) is 11.6 Å². The van der Waals surface area contributed by atoms with Crippen molar-refractivity contribution in [2.45, 2.75) is 46.1 Å². The Bertz CT molecular complexity index is 569. The zero-order chi connectivity index (χ0) is 15.2. The third-order valence-electron chi connectivity index (χ3n) is 3.69. The summed E-state index contributed by atoms with van der Waals surface area (Å²) in [6, 6.07) is 0. The molecule has 0 aromatic carbocycles. The molecule has 21 heavy (non-hydrogen) atoms. The van der Waals surface area contributed by atoms with Crippen molar-refractivity contribution in [1.82, 2.24) is 24.6 Å². The maximum Gasteiger partial charge on any atom is 0.163 e. The molecule has 0 radical (unpaired) electrons. The molecule has 0 spiro atoms. The second-order valence-corrected chi connectivity index (χ2v) is 5.51. The minimum Gasteiger partial charge on any atom is -0.383 e. The Morgan fingerprint density at radius 3 is 2.43 bits per heavy atom. The minimum atomic E-state index is 0.522. The molecule has 2 rings (SSSR count). The van der Waals surface area contributed by atoms with E-state index in [1.165, 1.54) is 25.7 Å². The van der Waals surface area contributed by atoms with Gasteiger partial charge in [-0.15, -0.1) is 0 Å². The number of aryl methyl sites for hydroxylation is 1. The van der Waals surface area contributed by atoms with Crippen molar-refractivity contribution in [3.8, 4) is 0 Å². The number of rotatable bonds is 8. The van der Waals surface area contributed by atoms with Crippen LogP contribution in [0.5, 0.6) is 0 Å². The van der Waals surface area contributed by atoms with Crippen molar-refractivity contribution in [3.05, 3.63) is 12.0 Å². The molecule has 0 unspecified atom stereocenters. The fourth-order valence-corrected chi connectivity index (χ4v) is 2.39. The van der Waals surface area contributed by atoms with Gasteiger partial charge in [-0.05, 0) is 25.9 Å². The lowest BCUT2D eigenvalue weighted by molar-refractivity contribution is 0.251. The van der Waals surface area contributed by atoms with E-state index in [9.17, 15) is 0 Å². The van der Waals surface area contributed by atoms with Crippen LogP contribution in [0.25, 0.3) is 11.0 Å². The van der Waals surface area contributed by atoms with Crippen LogP contribution in [0.2, 0.25) is 0 Å². The van der Waals surface area contributed by atoms with Crippen LogP contribution >= 0.6 is 0 Å². The van der Waals surface area contributed by atoms with E-state index in [-0.39, 0.29) is 0 Å². The van der Waals surface area contributed by atoms with Crippen molar-refractivity contribution >= 4 is 16.9 Å². The average Bonchev–Trinajstić information content (AvgIpc) is 2.84. The summed E-state index contributed by atoms with van der Waals surface area (Å²) in [5.41, 5.74) is 6.83. The third kappa shape index (κ3) is 3.91. The highest BCUT2D eigenvalue weighted by Crippen LogP contribution is 2.17. The van der Waals surface area contributed by atoms with Gasteiger partial charge in [0.05, 0.1) is 18.1 Å². The predicted octanol–water partition coefficient (Wildman–Crippen LogP) is 2.35. The first-order chi connectivity index (χ1) is 10.2. The lowest BCUT2D eigenvalue weighted by atomic mass is 10.2. The first-order valence-corrected chi connectivity index (χ1v) is 7.82. The zero-order valence-electron chi connectivity index (χ0n) is 13.3. The SMILES string of the molecule is CCCCN(CCCC)Cc1nc(N)c2cnn(C)c2n1. The topological polar surface area (TPSA) is 72.9 Å². The number of nitrogens with zero attached hydrogens (tertiary/aromatic N) is 5. The van der Waals surface area contributed by atoms with E-state index >= 15 is 0 Å². The Morgan fingerprint density at radius 1 is 1.14 bits per heavy atom. The molecule has 2 heterocycles. The van der Waals surface area contributed by atoms with Gasteiger partial charge in [0.2, 0.25) is 0 Å². The van der Waals surface area contributed by atoms with E-state index in [1.807, 2.05) is 7.05 Å². The lowest BCUT2D eigenvalue weighted by Gasteiger charge is -2.21. The fourth-order valence-electron chi connectivity index (χ4n) is 2.39. The van der Waals surface area contributed by atoms with Gasteiger partial charge in [0.25, 0.3) is 0 Å². The van der Waals surface area contributed by atoms with Crippen molar-refractivity contribution in [2.24, 2.45) is 7.05 Å². The van der Waals surface area contributed by atoms with E-state index in [2.05, 4.69) is 33.8 Å². The molecule has 2 aromatic heterocycles. The summed E-state index contributed by atoms with van der Waals surface area (Å²) >= 11 is 0. The predicted molar refractivity (Wildman–Crippen MR) is 85.8 cm³/mol. The van der Waals surface area contributed by atoms with Gasteiger partial charge in [-0.1, -0.05) is 26.7 Å². The number of hydrogen-bond acceptors (Lipinski definition) is 5. The Labute approximate surface area is 126 Å². The molecule has 6 heteroatoms. The Balaban J connectivity index is 2.16. The van der Waals surface area contributed by atoms with E-state index < -0.39 is 0 Å². The Kier molecular flexibility index (Phi) is 5.50.